The maximum Gasteiger partial charge on any atom is 0.346 e. The largest absolute Gasteiger partial charge is 0.477 e. The molecule has 1 rings (SSSR count). The summed E-state index contributed by atoms with van der Waals surface area (Å²) in [4.78, 5) is 21.9. The van der Waals surface area contributed by atoms with Gasteiger partial charge in [-0.3, -0.25) is 4.79 Å². The van der Waals surface area contributed by atoms with Gasteiger partial charge in [-0.2, -0.15) is 5.26 Å². The monoisotopic (exact) mass is 201 g/mol. The van der Waals surface area contributed by atoms with Crippen molar-refractivity contribution >= 4 is 11.8 Å². The first kappa shape index (κ1) is 10.7. The molecule has 0 aliphatic rings. The van der Waals surface area contributed by atoms with Crippen LogP contribution in [0.5, 0.6) is 0 Å². The van der Waals surface area contributed by atoms with Crippen LogP contribution < -0.4 is 0 Å². The van der Waals surface area contributed by atoms with Gasteiger partial charge in [-0.05, 0) is 0 Å². The number of hydrogen-bond donors (Lipinski definition) is 1. The van der Waals surface area contributed by atoms with Gasteiger partial charge < -0.3 is 5.11 Å². The summed E-state index contributed by atoms with van der Waals surface area (Å²) in [6, 6.07) is 9.61. The topological polar surface area (TPSA) is 78.2 Å². The van der Waals surface area contributed by atoms with E-state index in [9.17, 15) is 9.59 Å². The molecule has 1 aromatic rings. The molecular formula is C11H7NO3. The lowest BCUT2D eigenvalue weighted by Gasteiger charge is -1.94. The molecule has 4 nitrogen and oxygen atoms in total. The number of allylic oxidation sites excluding steroid dienone is 1. The smallest absolute Gasteiger partial charge is 0.346 e. The normalized spacial score (nSPS) is 10.5. The lowest BCUT2D eigenvalue weighted by Crippen LogP contribution is -2.02. The average Bonchev–Trinajstić information content (AvgIpc) is 2.26. The van der Waals surface area contributed by atoms with Crippen LogP contribution in [0.15, 0.2) is 42.0 Å². The van der Waals surface area contributed by atoms with Crippen molar-refractivity contribution in [3.05, 3.63) is 47.5 Å². The number of nitriles is 1. The zero-order valence-electron chi connectivity index (χ0n) is 7.68. The molecule has 15 heavy (non-hydrogen) atoms. The molecule has 0 amide bonds. The Morgan fingerprint density at radius 3 is 2.33 bits per heavy atom. The number of ketones is 1. The van der Waals surface area contributed by atoms with Crippen molar-refractivity contribution in [1.82, 2.24) is 0 Å². The molecule has 1 N–H and O–H groups in total. The van der Waals surface area contributed by atoms with E-state index < -0.39 is 17.3 Å². The van der Waals surface area contributed by atoms with Crippen molar-refractivity contribution in [2.24, 2.45) is 0 Å². The van der Waals surface area contributed by atoms with Crippen molar-refractivity contribution in [2.75, 3.05) is 0 Å². The Hall–Kier alpha value is -2.41. The van der Waals surface area contributed by atoms with E-state index in [4.69, 9.17) is 10.4 Å². The molecule has 0 bridgehead atoms. The number of carboxylic acids is 1. The van der Waals surface area contributed by atoms with E-state index in [-0.39, 0.29) is 0 Å². The number of aliphatic carboxylic acids is 1. The van der Waals surface area contributed by atoms with E-state index in [1.807, 2.05) is 0 Å². The number of hydrogen-bond acceptors (Lipinski definition) is 3. The summed E-state index contributed by atoms with van der Waals surface area (Å²) in [6.07, 6.45) is 0.817. The molecule has 0 aliphatic heterocycles. The summed E-state index contributed by atoms with van der Waals surface area (Å²) in [7, 11) is 0. The molecule has 0 spiro atoms. The van der Waals surface area contributed by atoms with E-state index >= 15 is 0 Å². The Morgan fingerprint density at radius 2 is 1.87 bits per heavy atom. The predicted octanol–water partition coefficient (Wildman–Crippen LogP) is 1.40. The van der Waals surface area contributed by atoms with Crippen LogP contribution >= 0.6 is 0 Å². The minimum absolute atomic E-state index is 0.353. The Morgan fingerprint density at radius 1 is 1.27 bits per heavy atom. The molecule has 0 aromatic heterocycles. The molecule has 0 radical (unpaired) electrons. The molecule has 0 saturated heterocycles. The van der Waals surface area contributed by atoms with Gasteiger partial charge in [0.15, 0.2) is 5.78 Å². The molecule has 0 aliphatic carbocycles. The van der Waals surface area contributed by atoms with Crippen molar-refractivity contribution < 1.29 is 14.7 Å². The van der Waals surface area contributed by atoms with Crippen molar-refractivity contribution in [1.29, 1.82) is 5.26 Å². The van der Waals surface area contributed by atoms with E-state index in [0.29, 0.717) is 5.56 Å². The highest BCUT2D eigenvalue weighted by atomic mass is 16.4. The summed E-state index contributed by atoms with van der Waals surface area (Å²) in [5.41, 5.74) is -0.213. The van der Waals surface area contributed by atoms with Gasteiger partial charge in [0.2, 0.25) is 0 Å². The van der Waals surface area contributed by atoms with Crippen LogP contribution in [-0.4, -0.2) is 16.9 Å². The Balaban J connectivity index is 2.98. The molecule has 74 valence electrons. The van der Waals surface area contributed by atoms with E-state index in [0.717, 1.165) is 6.08 Å². The third-order valence-corrected chi connectivity index (χ3v) is 1.68. The molecule has 0 atom stereocenters. The highest BCUT2D eigenvalue weighted by Gasteiger charge is 2.09. The number of rotatable bonds is 3. The molecule has 0 heterocycles. The highest BCUT2D eigenvalue weighted by Crippen LogP contribution is 2.03. The van der Waals surface area contributed by atoms with Crippen LogP contribution in [0.2, 0.25) is 0 Å². The van der Waals surface area contributed by atoms with Crippen LogP contribution in [0.4, 0.5) is 0 Å². The fourth-order valence-corrected chi connectivity index (χ4v) is 0.959. The van der Waals surface area contributed by atoms with Gasteiger partial charge in [-0.1, -0.05) is 30.3 Å². The zero-order chi connectivity index (χ0) is 11.3. The van der Waals surface area contributed by atoms with E-state index in [2.05, 4.69) is 0 Å². The minimum Gasteiger partial charge on any atom is -0.477 e. The molecule has 1 aromatic carbocycles. The molecule has 0 saturated carbocycles. The third-order valence-electron chi connectivity index (χ3n) is 1.68. The lowest BCUT2D eigenvalue weighted by atomic mass is 10.1. The van der Waals surface area contributed by atoms with Crippen LogP contribution in [0.1, 0.15) is 10.4 Å². The van der Waals surface area contributed by atoms with Gasteiger partial charge in [0.05, 0.1) is 0 Å². The number of carbonyl (C=O) groups is 2. The third kappa shape index (κ3) is 2.78. The first-order chi connectivity index (χ1) is 7.15. The van der Waals surface area contributed by atoms with Crippen molar-refractivity contribution in [3.63, 3.8) is 0 Å². The fraction of sp³-hybridized carbons (Fsp3) is 0. The number of carbonyl (C=O) groups excluding carboxylic acids is 1. The van der Waals surface area contributed by atoms with Gasteiger partial charge in [0.1, 0.15) is 11.6 Å². The summed E-state index contributed by atoms with van der Waals surface area (Å²) in [6.45, 7) is 0. The first-order valence-corrected chi connectivity index (χ1v) is 4.09. The molecule has 0 fully saturated rings. The Bertz CT molecular complexity index is 454. The maximum absolute atomic E-state index is 11.4. The first-order valence-electron chi connectivity index (χ1n) is 4.09. The summed E-state index contributed by atoms with van der Waals surface area (Å²) in [5, 5.41) is 17.0. The van der Waals surface area contributed by atoms with Crippen molar-refractivity contribution in [2.45, 2.75) is 0 Å². The van der Waals surface area contributed by atoms with Crippen LogP contribution in [0.25, 0.3) is 0 Å². The maximum atomic E-state index is 11.4. The quantitative estimate of drug-likeness (QED) is 0.455. The predicted molar refractivity (Wildman–Crippen MR) is 52.1 cm³/mol. The number of carboxylic acid groups (broad SMARTS) is 1. The zero-order valence-corrected chi connectivity index (χ0v) is 7.68. The fourth-order valence-electron chi connectivity index (χ4n) is 0.959. The molecule has 0 unspecified atom stereocenters. The second-order valence-corrected chi connectivity index (χ2v) is 2.71. The Kier molecular flexibility index (Phi) is 3.36. The average molecular weight is 201 g/mol. The van der Waals surface area contributed by atoms with Crippen LogP contribution in [0.3, 0.4) is 0 Å². The van der Waals surface area contributed by atoms with E-state index in [1.165, 1.54) is 6.07 Å². The van der Waals surface area contributed by atoms with Crippen molar-refractivity contribution in [3.8, 4) is 6.07 Å². The molecular weight excluding hydrogens is 194 g/mol. The van der Waals surface area contributed by atoms with Gasteiger partial charge in [-0.25, -0.2) is 4.79 Å². The van der Waals surface area contributed by atoms with Gasteiger partial charge >= 0.3 is 5.97 Å². The Labute approximate surface area is 86.1 Å². The second kappa shape index (κ2) is 4.72. The lowest BCUT2D eigenvalue weighted by molar-refractivity contribution is -0.132. The van der Waals surface area contributed by atoms with Crippen LogP contribution in [-0.2, 0) is 4.79 Å². The number of benzene rings is 1. The van der Waals surface area contributed by atoms with Gasteiger partial charge in [0.25, 0.3) is 0 Å². The van der Waals surface area contributed by atoms with Gasteiger partial charge in [-0.15, -0.1) is 0 Å². The number of nitrogens with zero attached hydrogens (tertiary/aromatic N) is 1. The summed E-state index contributed by atoms with van der Waals surface area (Å²) in [5.74, 6) is -1.89. The standard InChI is InChI=1S/C11H7NO3/c12-7-9(11(14)15)6-10(13)8-4-2-1-3-5-8/h1-6H,(H,14,15). The minimum atomic E-state index is -1.40. The SMILES string of the molecule is N#CC(=CC(=O)c1ccccc1)C(=O)O. The highest BCUT2D eigenvalue weighted by molar-refractivity contribution is 6.09. The van der Waals surface area contributed by atoms with Gasteiger partial charge in [0, 0.05) is 11.6 Å². The second-order valence-electron chi connectivity index (χ2n) is 2.71. The summed E-state index contributed by atoms with van der Waals surface area (Å²) < 4.78 is 0. The van der Waals surface area contributed by atoms with E-state index in [1.54, 1.807) is 30.3 Å². The van der Waals surface area contributed by atoms with Crippen LogP contribution in [0, 0.1) is 11.3 Å². The summed E-state index contributed by atoms with van der Waals surface area (Å²) >= 11 is 0. The molecule has 4 heteroatoms.